The zero-order chi connectivity index (χ0) is 22.1. The molecule has 1 heterocycles. The first-order valence-electron chi connectivity index (χ1n) is 9.01. The third-order valence-corrected chi connectivity index (χ3v) is 4.25. The highest BCUT2D eigenvalue weighted by Gasteiger charge is 2.40. The Morgan fingerprint density at radius 3 is 2.13 bits per heavy atom. The number of rotatable bonds is 4. The summed E-state index contributed by atoms with van der Waals surface area (Å²) in [6, 6.07) is 10.9. The number of amides is 3. The van der Waals surface area contributed by atoms with Gasteiger partial charge in [-0.15, -0.1) is 0 Å². The third kappa shape index (κ3) is 4.60. The molecule has 2 aromatic carbocycles. The van der Waals surface area contributed by atoms with E-state index in [1.54, 1.807) is 45.0 Å². The summed E-state index contributed by atoms with van der Waals surface area (Å²) in [5.74, 6) is -2.60. The van der Waals surface area contributed by atoms with Gasteiger partial charge >= 0.3 is 12.1 Å². The number of carbonyl (C=O) groups excluding carboxylic acids is 4. The minimum atomic E-state index is -1.37. The van der Waals surface area contributed by atoms with Gasteiger partial charge in [0.05, 0.1) is 11.1 Å². The van der Waals surface area contributed by atoms with E-state index in [9.17, 15) is 19.2 Å². The van der Waals surface area contributed by atoms with Crippen LogP contribution in [0, 0.1) is 0 Å². The topological polar surface area (TPSA) is 102 Å². The fourth-order valence-electron chi connectivity index (χ4n) is 2.78. The Morgan fingerprint density at radius 1 is 1.00 bits per heavy atom. The van der Waals surface area contributed by atoms with Gasteiger partial charge < -0.3 is 14.9 Å². The molecule has 1 unspecified atom stereocenters. The SMILES string of the molecule is CC(C)(C)OC(=O)NC(C(=O)ON1C(=O)c2ccccc2C1=O)c1cccc(Cl)c1. The van der Waals surface area contributed by atoms with E-state index < -0.39 is 35.5 Å². The van der Waals surface area contributed by atoms with Crippen LogP contribution in [0.3, 0.4) is 0 Å². The second-order valence-electron chi connectivity index (χ2n) is 7.49. The molecule has 3 rings (SSSR count). The number of imide groups is 1. The molecule has 8 nitrogen and oxygen atoms in total. The number of nitrogens with zero attached hydrogens (tertiary/aromatic N) is 1. The average Bonchev–Trinajstić information content (AvgIpc) is 2.90. The van der Waals surface area contributed by atoms with Crippen molar-refractivity contribution in [1.29, 1.82) is 0 Å². The third-order valence-electron chi connectivity index (χ3n) is 4.02. The zero-order valence-electron chi connectivity index (χ0n) is 16.5. The van der Waals surface area contributed by atoms with Crippen molar-refractivity contribution < 1.29 is 28.8 Å². The first kappa shape index (κ1) is 21.3. The van der Waals surface area contributed by atoms with Crippen molar-refractivity contribution in [2.45, 2.75) is 32.4 Å². The Labute approximate surface area is 177 Å². The number of fused-ring (bicyclic) bond motifs is 1. The quantitative estimate of drug-likeness (QED) is 0.742. The summed E-state index contributed by atoms with van der Waals surface area (Å²) in [6.45, 7) is 4.99. The lowest BCUT2D eigenvalue weighted by molar-refractivity contribution is -0.171. The van der Waals surface area contributed by atoms with Gasteiger partial charge in [0.1, 0.15) is 5.60 Å². The van der Waals surface area contributed by atoms with E-state index in [2.05, 4.69) is 5.32 Å². The number of halogens is 1. The molecule has 0 spiro atoms. The van der Waals surface area contributed by atoms with Crippen molar-refractivity contribution in [3.8, 4) is 0 Å². The van der Waals surface area contributed by atoms with Gasteiger partial charge in [0.2, 0.25) is 0 Å². The standard InChI is InChI=1S/C21H19ClN2O6/c1-21(2,3)29-20(28)23-16(12-7-6-8-13(22)11-12)19(27)30-24-17(25)14-9-4-5-10-15(14)18(24)26/h4-11,16H,1-3H3,(H,23,28). The van der Waals surface area contributed by atoms with E-state index in [-0.39, 0.29) is 16.7 Å². The van der Waals surface area contributed by atoms with Crippen LogP contribution < -0.4 is 5.32 Å². The van der Waals surface area contributed by atoms with Crippen molar-refractivity contribution in [3.05, 3.63) is 70.2 Å². The van der Waals surface area contributed by atoms with Crippen molar-refractivity contribution in [2.24, 2.45) is 0 Å². The molecule has 30 heavy (non-hydrogen) atoms. The molecule has 1 aliphatic heterocycles. The van der Waals surface area contributed by atoms with Crippen molar-refractivity contribution >= 4 is 35.5 Å². The lowest BCUT2D eigenvalue weighted by Gasteiger charge is -2.24. The smallest absolute Gasteiger partial charge is 0.408 e. The van der Waals surface area contributed by atoms with E-state index in [1.165, 1.54) is 24.3 Å². The van der Waals surface area contributed by atoms with Gasteiger partial charge in [-0.05, 0) is 50.6 Å². The lowest BCUT2D eigenvalue weighted by Crippen LogP contribution is -2.42. The molecule has 0 saturated heterocycles. The fraction of sp³-hybridized carbons (Fsp3) is 0.238. The van der Waals surface area contributed by atoms with Crippen LogP contribution in [0.1, 0.15) is 53.1 Å². The molecule has 1 N–H and O–H groups in total. The molecular weight excluding hydrogens is 412 g/mol. The number of hydrogen-bond donors (Lipinski definition) is 1. The van der Waals surface area contributed by atoms with Gasteiger partial charge in [0.25, 0.3) is 11.8 Å². The summed E-state index contributed by atoms with van der Waals surface area (Å²) in [5.41, 5.74) is -0.283. The zero-order valence-corrected chi connectivity index (χ0v) is 17.2. The highest BCUT2D eigenvalue weighted by Crippen LogP contribution is 2.25. The van der Waals surface area contributed by atoms with Crippen LogP contribution >= 0.6 is 11.6 Å². The number of hydrogen-bond acceptors (Lipinski definition) is 6. The van der Waals surface area contributed by atoms with Crippen molar-refractivity contribution in [1.82, 2.24) is 10.4 Å². The molecule has 0 aromatic heterocycles. The molecule has 156 valence electrons. The first-order chi connectivity index (χ1) is 14.1. The molecule has 1 aliphatic rings. The maximum Gasteiger partial charge on any atom is 0.408 e. The Hall–Kier alpha value is -3.39. The Morgan fingerprint density at radius 2 is 1.60 bits per heavy atom. The summed E-state index contributed by atoms with van der Waals surface area (Å²) < 4.78 is 5.19. The largest absolute Gasteiger partial charge is 0.444 e. The van der Waals surface area contributed by atoms with E-state index >= 15 is 0 Å². The van der Waals surface area contributed by atoms with Crippen molar-refractivity contribution in [3.63, 3.8) is 0 Å². The molecule has 2 aromatic rings. The minimum Gasteiger partial charge on any atom is -0.444 e. The molecule has 0 saturated carbocycles. The number of carbonyl (C=O) groups is 4. The molecule has 0 radical (unpaired) electrons. The minimum absolute atomic E-state index is 0.120. The molecule has 0 bridgehead atoms. The molecular formula is C21H19ClN2O6. The van der Waals surface area contributed by atoms with Crippen LogP contribution in [-0.2, 0) is 14.4 Å². The lowest BCUT2D eigenvalue weighted by atomic mass is 10.1. The number of nitrogens with one attached hydrogen (secondary N) is 1. The van der Waals surface area contributed by atoms with Crippen LogP contribution in [-0.4, -0.2) is 34.5 Å². The first-order valence-corrected chi connectivity index (χ1v) is 9.39. The molecule has 9 heteroatoms. The number of ether oxygens (including phenoxy) is 1. The van der Waals surface area contributed by atoms with Gasteiger partial charge in [0.15, 0.2) is 6.04 Å². The number of hydroxylamine groups is 2. The summed E-state index contributed by atoms with van der Waals surface area (Å²) in [7, 11) is 0. The second kappa shape index (κ2) is 8.16. The normalized spacial score (nSPS) is 14.2. The Kier molecular flexibility index (Phi) is 5.80. The van der Waals surface area contributed by atoms with Gasteiger partial charge in [-0.25, -0.2) is 9.59 Å². The van der Waals surface area contributed by atoms with E-state index in [1.807, 2.05) is 0 Å². The number of benzene rings is 2. The average molecular weight is 431 g/mol. The van der Waals surface area contributed by atoms with Crippen LogP contribution in [0.25, 0.3) is 0 Å². The molecule has 1 atom stereocenters. The molecule has 0 aliphatic carbocycles. The van der Waals surface area contributed by atoms with Crippen LogP contribution in [0.2, 0.25) is 5.02 Å². The van der Waals surface area contributed by atoms with Gasteiger partial charge in [0, 0.05) is 5.02 Å². The van der Waals surface area contributed by atoms with Gasteiger partial charge in [-0.3, -0.25) is 9.59 Å². The predicted octanol–water partition coefficient (Wildman–Crippen LogP) is 3.66. The number of alkyl carbamates (subject to hydrolysis) is 1. The monoisotopic (exact) mass is 430 g/mol. The fourth-order valence-corrected chi connectivity index (χ4v) is 2.98. The van der Waals surface area contributed by atoms with E-state index in [4.69, 9.17) is 21.2 Å². The van der Waals surface area contributed by atoms with E-state index in [0.717, 1.165) is 0 Å². The molecule has 3 amide bonds. The summed E-state index contributed by atoms with van der Waals surface area (Å²) in [4.78, 5) is 55.1. The van der Waals surface area contributed by atoms with Crippen LogP contribution in [0.4, 0.5) is 4.79 Å². The maximum absolute atomic E-state index is 12.9. The Bertz CT molecular complexity index is 995. The summed E-state index contributed by atoms with van der Waals surface area (Å²) >= 11 is 6.00. The summed E-state index contributed by atoms with van der Waals surface area (Å²) in [6.07, 6.45) is -0.883. The highest BCUT2D eigenvalue weighted by molar-refractivity contribution is 6.30. The molecule has 0 fully saturated rings. The summed E-state index contributed by atoms with van der Waals surface area (Å²) in [5, 5.41) is 3.09. The van der Waals surface area contributed by atoms with Gasteiger partial charge in [-0.2, -0.15) is 0 Å². The highest BCUT2D eigenvalue weighted by atomic mass is 35.5. The Balaban J connectivity index is 1.85. The van der Waals surface area contributed by atoms with Crippen molar-refractivity contribution in [2.75, 3.05) is 0 Å². The van der Waals surface area contributed by atoms with Crippen LogP contribution in [0.5, 0.6) is 0 Å². The predicted molar refractivity (Wildman–Crippen MR) is 107 cm³/mol. The maximum atomic E-state index is 12.9. The van der Waals surface area contributed by atoms with Gasteiger partial charge in [-0.1, -0.05) is 40.9 Å². The van der Waals surface area contributed by atoms with E-state index in [0.29, 0.717) is 10.1 Å². The second-order valence-corrected chi connectivity index (χ2v) is 7.93. The van der Waals surface area contributed by atoms with Crippen LogP contribution in [0.15, 0.2) is 48.5 Å².